The molecule has 3 rings (SSSR count). The van der Waals surface area contributed by atoms with Gasteiger partial charge >= 0.3 is 0 Å². The third-order valence-electron chi connectivity index (χ3n) is 2.66. The van der Waals surface area contributed by atoms with Crippen LogP contribution in [0.5, 0.6) is 0 Å². The fraction of sp³-hybridized carbons (Fsp3) is 0.400. The molecule has 62 valence electrons. The maximum atomic E-state index is 3.45. The molecule has 2 aliphatic heterocycles. The van der Waals surface area contributed by atoms with Crippen LogP contribution in [0, 0.1) is 0 Å². The van der Waals surface area contributed by atoms with Crippen LogP contribution in [0.3, 0.4) is 0 Å². The molecule has 0 saturated carbocycles. The van der Waals surface area contributed by atoms with Gasteiger partial charge in [-0.15, -0.1) is 0 Å². The van der Waals surface area contributed by atoms with Crippen LogP contribution < -0.4 is 10.6 Å². The number of rotatable bonds is 1. The van der Waals surface area contributed by atoms with E-state index in [9.17, 15) is 0 Å². The third-order valence-corrected chi connectivity index (χ3v) is 2.66. The van der Waals surface area contributed by atoms with E-state index >= 15 is 0 Å². The van der Waals surface area contributed by atoms with E-state index in [1.54, 1.807) is 0 Å². The van der Waals surface area contributed by atoms with Gasteiger partial charge in [-0.05, 0) is 17.5 Å². The molecule has 1 aromatic carbocycles. The Morgan fingerprint density at radius 2 is 2.25 bits per heavy atom. The van der Waals surface area contributed by atoms with E-state index in [0.29, 0.717) is 6.04 Å². The SMILES string of the molecule is c1cc2c(c([C@H]3CN3)c1)NCC2. The molecule has 2 heteroatoms. The highest BCUT2D eigenvalue weighted by Crippen LogP contribution is 2.34. The topological polar surface area (TPSA) is 34.0 Å². The average Bonchev–Trinajstić information content (AvgIpc) is 2.82. The summed E-state index contributed by atoms with van der Waals surface area (Å²) in [5.74, 6) is 0. The molecule has 0 spiro atoms. The molecule has 12 heavy (non-hydrogen) atoms. The molecule has 1 atom stereocenters. The normalized spacial score (nSPS) is 24.8. The Morgan fingerprint density at radius 3 is 3.08 bits per heavy atom. The minimum atomic E-state index is 0.630. The lowest BCUT2D eigenvalue weighted by Gasteiger charge is -2.05. The van der Waals surface area contributed by atoms with Gasteiger partial charge in [0.15, 0.2) is 0 Å². The highest BCUT2D eigenvalue weighted by atomic mass is 15.1. The van der Waals surface area contributed by atoms with Crippen molar-refractivity contribution in [1.29, 1.82) is 0 Å². The quantitative estimate of drug-likeness (QED) is 0.607. The minimum Gasteiger partial charge on any atom is -0.384 e. The largest absolute Gasteiger partial charge is 0.384 e. The standard InChI is InChI=1S/C10H12N2/c1-2-7-4-5-11-10(7)8(3-1)9-6-12-9/h1-3,9,11-12H,4-6H2/t9-/m1/s1. The Labute approximate surface area is 72.0 Å². The highest BCUT2D eigenvalue weighted by molar-refractivity contribution is 5.63. The average molecular weight is 160 g/mol. The first-order chi connectivity index (χ1) is 5.95. The van der Waals surface area contributed by atoms with Crippen LogP contribution >= 0.6 is 0 Å². The van der Waals surface area contributed by atoms with E-state index in [4.69, 9.17) is 0 Å². The molecule has 0 radical (unpaired) electrons. The molecule has 0 amide bonds. The first-order valence-corrected chi connectivity index (χ1v) is 4.54. The molecule has 1 saturated heterocycles. The van der Waals surface area contributed by atoms with Crippen molar-refractivity contribution in [1.82, 2.24) is 5.32 Å². The Balaban J connectivity index is 2.12. The zero-order valence-electron chi connectivity index (χ0n) is 6.93. The summed E-state index contributed by atoms with van der Waals surface area (Å²) in [5.41, 5.74) is 4.35. The monoisotopic (exact) mass is 160 g/mol. The third kappa shape index (κ3) is 0.847. The predicted octanol–water partition coefficient (Wildman–Crippen LogP) is 1.30. The first kappa shape index (κ1) is 6.49. The van der Waals surface area contributed by atoms with Gasteiger partial charge in [0, 0.05) is 24.8 Å². The van der Waals surface area contributed by atoms with Gasteiger partial charge in [-0.3, -0.25) is 0 Å². The van der Waals surface area contributed by atoms with Crippen molar-refractivity contribution in [3.63, 3.8) is 0 Å². The predicted molar refractivity (Wildman–Crippen MR) is 49.4 cm³/mol. The van der Waals surface area contributed by atoms with Crippen molar-refractivity contribution in [2.24, 2.45) is 0 Å². The van der Waals surface area contributed by atoms with Gasteiger partial charge in [0.1, 0.15) is 0 Å². The Hall–Kier alpha value is -1.02. The molecule has 2 aliphatic rings. The summed E-state index contributed by atoms with van der Waals surface area (Å²) in [7, 11) is 0. The number of anilines is 1. The fourth-order valence-electron chi connectivity index (χ4n) is 1.94. The van der Waals surface area contributed by atoms with Gasteiger partial charge < -0.3 is 10.6 Å². The summed E-state index contributed by atoms with van der Waals surface area (Å²) in [5, 5.41) is 6.79. The number of para-hydroxylation sites is 1. The lowest BCUT2D eigenvalue weighted by molar-refractivity contribution is 1.08. The van der Waals surface area contributed by atoms with Gasteiger partial charge in [-0.25, -0.2) is 0 Å². The van der Waals surface area contributed by atoms with Crippen molar-refractivity contribution in [2.45, 2.75) is 12.5 Å². The van der Waals surface area contributed by atoms with E-state index < -0.39 is 0 Å². The van der Waals surface area contributed by atoms with Gasteiger partial charge in [-0.1, -0.05) is 18.2 Å². The molecule has 2 N–H and O–H groups in total. The number of hydrogen-bond acceptors (Lipinski definition) is 2. The number of benzene rings is 1. The van der Waals surface area contributed by atoms with Gasteiger partial charge in [0.25, 0.3) is 0 Å². The molecule has 1 fully saturated rings. The summed E-state index contributed by atoms with van der Waals surface area (Å²) < 4.78 is 0. The zero-order chi connectivity index (χ0) is 7.97. The van der Waals surface area contributed by atoms with Gasteiger partial charge in [-0.2, -0.15) is 0 Å². The second-order valence-electron chi connectivity index (χ2n) is 3.52. The van der Waals surface area contributed by atoms with Crippen molar-refractivity contribution in [2.75, 3.05) is 18.4 Å². The Kier molecular flexibility index (Phi) is 1.21. The second-order valence-corrected chi connectivity index (χ2v) is 3.52. The van der Waals surface area contributed by atoms with Crippen LogP contribution in [-0.4, -0.2) is 13.1 Å². The summed E-state index contributed by atoms with van der Waals surface area (Å²) in [6.07, 6.45) is 1.19. The van der Waals surface area contributed by atoms with Crippen LogP contribution in [0.15, 0.2) is 18.2 Å². The van der Waals surface area contributed by atoms with Crippen LogP contribution in [0.2, 0.25) is 0 Å². The molecule has 0 aliphatic carbocycles. The van der Waals surface area contributed by atoms with Crippen LogP contribution in [0.25, 0.3) is 0 Å². The van der Waals surface area contributed by atoms with Crippen LogP contribution in [-0.2, 0) is 6.42 Å². The zero-order valence-corrected chi connectivity index (χ0v) is 6.93. The van der Waals surface area contributed by atoms with Crippen molar-refractivity contribution in [3.8, 4) is 0 Å². The van der Waals surface area contributed by atoms with E-state index in [2.05, 4.69) is 28.8 Å². The maximum absolute atomic E-state index is 3.45. The Bertz CT molecular complexity index is 316. The van der Waals surface area contributed by atoms with Crippen molar-refractivity contribution in [3.05, 3.63) is 29.3 Å². The van der Waals surface area contributed by atoms with E-state index in [-0.39, 0.29) is 0 Å². The number of fused-ring (bicyclic) bond motifs is 1. The number of hydrogen-bond donors (Lipinski definition) is 2. The maximum Gasteiger partial charge on any atom is 0.0468 e. The van der Waals surface area contributed by atoms with Gasteiger partial charge in [0.05, 0.1) is 0 Å². The van der Waals surface area contributed by atoms with Crippen molar-refractivity contribution >= 4 is 5.69 Å². The highest BCUT2D eigenvalue weighted by Gasteiger charge is 2.27. The molecule has 0 unspecified atom stereocenters. The van der Waals surface area contributed by atoms with E-state index in [1.807, 2.05) is 0 Å². The summed E-state index contributed by atoms with van der Waals surface area (Å²) in [6, 6.07) is 7.25. The van der Waals surface area contributed by atoms with E-state index in [1.165, 1.54) is 23.2 Å². The molecule has 2 nitrogen and oxygen atoms in total. The molecule has 0 bridgehead atoms. The molecule has 0 aromatic heterocycles. The summed E-state index contributed by atoms with van der Waals surface area (Å²) >= 11 is 0. The number of nitrogens with one attached hydrogen (secondary N) is 2. The lowest BCUT2D eigenvalue weighted by atomic mass is 10.1. The smallest absolute Gasteiger partial charge is 0.0468 e. The Morgan fingerprint density at radius 1 is 1.33 bits per heavy atom. The minimum absolute atomic E-state index is 0.630. The summed E-state index contributed by atoms with van der Waals surface area (Å²) in [4.78, 5) is 0. The van der Waals surface area contributed by atoms with Crippen molar-refractivity contribution < 1.29 is 0 Å². The first-order valence-electron chi connectivity index (χ1n) is 4.54. The summed E-state index contributed by atoms with van der Waals surface area (Å²) in [6.45, 7) is 2.26. The van der Waals surface area contributed by atoms with Crippen LogP contribution in [0.1, 0.15) is 17.2 Å². The fourth-order valence-corrected chi connectivity index (χ4v) is 1.94. The molecular weight excluding hydrogens is 148 g/mol. The van der Waals surface area contributed by atoms with E-state index in [0.717, 1.165) is 13.1 Å². The van der Waals surface area contributed by atoms with Crippen LogP contribution in [0.4, 0.5) is 5.69 Å². The molecular formula is C10H12N2. The lowest BCUT2D eigenvalue weighted by Crippen LogP contribution is -1.95. The molecule has 2 heterocycles. The van der Waals surface area contributed by atoms with Gasteiger partial charge in [0.2, 0.25) is 0 Å². The molecule has 1 aromatic rings. The second kappa shape index (κ2) is 2.23.